The Morgan fingerprint density at radius 3 is 2.77 bits per heavy atom. The molecule has 0 aliphatic heterocycles. The number of amides is 1. The van der Waals surface area contributed by atoms with E-state index in [-0.39, 0.29) is 6.61 Å². The van der Waals surface area contributed by atoms with Crippen LogP contribution in [-0.2, 0) is 9.59 Å². The molecule has 0 spiro atoms. The predicted octanol–water partition coefficient (Wildman–Crippen LogP) is 2.25. The molecule has 1 amide bonds. The summed E-state index contributed by atoms with van der Waals surface area (Å²) in [4.78, 5) is 26.9. The van der Waals surface area contributed by atoms with Gasteiger partial charge in [-0.1, -0.05) is 11.6 Å². The third kappa shape index (κ3) is 3.46. The second-order valence-electron chi connectivity index (χ2n) is 5.21. The van der Waals surface area contributed by atoms with Crippen molar-refractivity contribution in [2.45, 2.75) is 19.4 Å². The second-order valence-corrected chi connectivity index (χ2v) is 5.62. The number of rotatable bonds is 5. The van der Waals surface area contributed by atoms with E-state index in [0.29, 0.717) is 21.7 Å². The molecule has 0 unspecified atom stereocenters. The van der Waals surface area contributed by atoms with Crippen LogP contribution < -0.4 is 10.1 Å². The van der Waals surface area contributed by atoms with Gasteiger partial charge in [0.15, 0.2) is 6.61 Å². The van der Waals surface area contributed by atoms with E-state index in [9.17, 15) is 9.59 Å². The van der Waals surface area contributed by atoms with Crippen LogP contribution in [0.15, 0.2) is 30.5 Å². The predicted molar refractivity (Wildman–Crippen MR) is 82.1 cm³/mol. The summed E-state index contributed by atoms with van der Waals surface area (Å²) in [5.41, 5.74) is -0.818. The van der Waals surface area contributed by atoms with E-state index >= 15 is 0 Å². The number of carbonyl (C=O) groups excluding carboxylic acids is 1. The average Bonchev–Trinajstić information content (AvgIpc) is 2.46. The molecule has 0 atom stereocenters. The maximum atomic E-state index is 11.8. The number of carbonyl (C=O) groups is 2. The molecular formula is C15H15ClN2O4. The zero-order valence-corrected chi connectivity index (χ0v) is 12.8. The summed E-state index contributed by atoms with van der Waals surface area (Å²) < 4.78 is 5.44. The number of halogens is 1. The van der Waals surface area contributed by atoms with E-state index < -0.39 is 17.4 Å². The molecule has 0 bridgehead atoms. The fraction of sp³-hybridized carbons (Fsp3) is 0.267. The Hall–Kier alpha value is -2.34. The molecule has 6 nitrogen and oxygen atoms in total. The van der Waals surface area contributed by atoms with Gasteiger partial charge in [0.1, 0.15) is 16.8 Å². The van der Waals surface area contributed by atoms with Gasteiger partial charge < -0.3 is 15.2 Å². The van der Waals surface area contributed by atoms with Gasteiger partial charge in [-0.25, -0.2) is 4.79 Å². The molecule has 0 radical (unpaired) electrons. The van der Waals surface area contributed by atoms with Crippen LogP contribution in [0.2, 0.25) is 5.02 Å². The average molecular weight is 323 g/mol. The SMILES string of the molecule is CC(C)(NC(=O)COc1ccc(Cl)c2cccnc12)C(=O)O. The van der Waals surface area contributed by atoms with E-state index in [1.54, 1.807) is 30.5 Å². The van der Waals surface area contributed by atoms with Gasteiger partial charge in [-0.3, -0.25) is 9.78 Å². The highest BCUT2D eigenvalue weighted by molar-refractivity contribution is 6.35. The molecule has 0 saturated heterocycles. The van der Waals surface area contributed by atoms with Crippen molar-refractivity contribution in [3.8, 4) is 5.75 Å². The minimum Gasteiger partial charge on any atom is -0.481 e. The highest BCUT2D eigenvalue weighted by Gasteiger charge is 2.29. The first-order valence-corrected chi connectivity index (χ1v) is 6.89. The molecule has 7 heteroatoms. The number of benzene rings is 1. The summed E-state index contributed by atoms with van der Waals surface area (Å²) in [6.45, 7) is 2.48. The van der Waals surface area contributed by atoms with Crippen molar-refractivity contribution in [1.29, 1.82) is 0 Å². The smallest absolute Gasteiger partial charge is 0.328 e. The number of nitrogens with zero attached hydrogens (tertiary/aromatic N) is 1. The minimum absolute atomic E-state index is 0.315. The first-order valence-electron chi connectivity index (χ1n) is 6.52. The zero-order valence-electron chi connectivity index (χ0n) is 12.1. The fourth-order valence-electron chi connectivity index (χ4n) is 1.81. The summed E-state index contributed by atoms with van der Waals surface area (Å²) in [6, 6.07) is 6.82. The van der Waals surface area contributed by atoms with Gasteiger partial charge in [0.2, 0.25) is 0 Å². The van der Waals surface area contributed by atoms with Crippen molar-refractivity contribution in [2.75, 3.05) is 6.61 Å². The number of pyridine rings is 1. The standard InChI is InChI=1S/C15H15ClN2O4/c1-15(2,14(20)21)18-12(19)8-22-11-6-5-10(16)9-4-3-7-17-13(9)11/h3-7H,8H2,1-2H3,(H,18,19)(H,20,21). The lowest BCUT2D eigenvalue weighted by atomic mass is 10.1. The normalized spacial score (nSPS) is 11.2. The molecule has 1 heterocycles. The Morgan fingerprint density at radius 1 is 1.36 bits per heavy atom. The molecule has 0 aliphatic carbocycles. The van der Waals surface area contributed by atoms with E-state index in [0.717, 1.165) is 0 Å². The first kappa shape index (κ1) is 16.0. The minimum atomic E-state index is -1.36. The lowest BCUT2D eigenvalue weighted by molar-refractivity contribution is -0.146. The number of fused-ring (bicyclic) bond motifs is 1. The van der Waals surface area contributed by atoms with Crippen LogP contribution in [0.5, 0.6) is 5.75 Å². The summed E-state index contributed by atoms with van der Waals surface area (Å²) >= 11 is 6.07. The van der Waals surface area contributed by atoms with Gasteiger partial charge in [-0.2, -0.15) is 0 Å². The van der Waals surface area contributed by atoms with E-state index in [1.165, 1.54) is 13.8 Å². The molecule has 0 fully saturated rings. The molecule has 0 saturated carbocycles. The van der Waals surface area contributed by atoms with E-state index in [4.69, 9.17) is 21.4 Å². The van der Waals surface area contributed by atoms with Crippen molar-refractivity contribution >= 4 is 34.4 Å². The number of carboxylic acids is 1. The summed E-state index contributed by atoms with van der Waals surface area (Å²) in [6.07, 6.45) is 1.60. The molecule has 0 aliphatic rings. The lowest BCUT2D eigenvalue weighted by Gasteiger charge is -2.21. The summed E-state index contributed by atoms with van der Waals surface area (Å²) in [5.74, 6) is -1.26. The largest absolute Gasteiger partial charge is 0.481 e. The van der Waals surface area contributed by atoms with Gasteiger partial charge in [-0.15, -0.1) is 0 Å². The van der Waals surface area contributed by atoms with Gasteiger partial charge in [-0.05, 0) is 38.1 Å². The van der Waals surface area contributed by atoms with Crippen LogP contribution >= 0.6 is 11.6 Å². The summed E-state index contributed by atoms with van der Waals surface area (Å²) in [7, 11) is 0. The molecule has 1 aromatic carbocycles. The number of aromatic nitrogens is 1. The Balaban J connectivity index is 2.11. The third-order valence-corrected chi connectivity index (χ3v) is 3.35. The first-order chi connectivity index (χ1) is 10.3. The van der Waals surface area contributed by atoms with Gasteiger partial charge in [0, 0.05) is 11.6 Å². The maximum absolute atomic E-state index is 11.8. The number of hydrogen-bond acceptors (Lipinski definition) is 4. The van der Waals surface area contributed by atoms with Crippen molar-refractivity contribution < 1.29 is 19.4 Å². The van der Waals surface area contributed by atoms with Gasteiger partial charge >= 0.3 is 5.97 Å². The molecular weight excluding hydrogens is 308 g/mol. The number of carboxylic acid groups (broad SMARTS) is 1. The zero-order chi connectivity index (χ0) is 16.3. The highest BCUT2D eigenvalue weighted by atomic mass is 35.5. The van der Waals surface area contributed by atoms with Crippen molar-refractivity contribution in [3.63, 3.8) is 0 Å². The lowest BCUT2D eigenvalue weighted by Crippen LogP contribution is -2.51. The van der Waals surface area contributed by atoms with Crippen LogP contribution in [0.1, 0.15) is 13.8 Å². The molecule has 2 rings (SSSR count). The van der Waals surface area contributed by atoms with Crippen LogP contribution in [0.3, 0.4) is 0 Å². The summed E-state index contributed by atoms with van der Waals surface area (Å²) in [5, 5.41) is 12.6. The number of nitrogens with one attached hydrogen (secondary N) is 1. The number of aliphatic carboxylic acids is 1. The van der Waals surface area contributed by atoms with Gasteiger partial charge in [0.25, 0.3) is 5.91 Å². The van der Waals surface area contributed by atoms with Crippen LogP contribution in [0.4, 0.5) is 0 Å². The highest BCUT2D eigenvalue weighted by Crippen LogP contribution is 2.29. The molecule has 22 heavy (non-hydrogen) atoms. The third-order valence-electron chi connectivity index (χ3n) is 3.02. The Kier molecular flexibility index (Phi) is 4.51. The molecule has 116 valence electrons. The quantitative estimate of drug-likeness (QED) is 0.881. The van der Waals surface area contributed by atoms with Crippen LogP contribution in [0, 0.1) is 0 Å². The Bertz CT molecular complexity index is 731. The number of ether oxygens (including phenoxy) is 1. The second kappa shape index (κ2) is 6.19. The molecule has 1 aromatic heterocycles. The van der Waals surface area contributed by atoms with Crippen molar-refractivity contribution in [3.05, 3.63) is 35.5 Å². The Morgan fingerprint density at radius 2 is 2.09 bits per heavy atom. The van der Waals surface area contributed by atoms with Gasteiger partial charge in [0.05, 0.1) is 5.02 Å². The van der Waals surface area contributed by atoms with E-state index in [2.05, 4.69) is 10.3 Å². The topological polar surface area (TPSA) is 88.5 Å². The van der Waals surface area contributed by atoms with Crippen molar-refractivity contribution in [2.24, 2.45) is 0 Å². The molecule has 2 aromatic rings. The maximum Gasteiger partial charge on any atom is 0.328 e. The van der Waals surface area contributed by atoms with E-state index in [1.807, 2.05) is 0 Å². The van der Waals surface area contributed by atoms with Crippen molar-refractivity contribution in [1.82, 2.24) is 10.3 Å². The fourth-order valence-corrected chi connectivity index (χ4v) is 2.03. The number of hydrogen-bond donors (Lipinski definition) is 2. The Labute approximate surface area is 132 Å². The molecule has 2 N–H and O–H groups in total. The monoisotopic (exact) mass is 322 g/mol. The van der Waals surface area contributed by atoms with Crippen LogP contribution in [0.25, 0.3) is 10.9 Å². The van der Waals surface area contributed by atoms with Crippen LogP contribution in [-0.4, -0.2) is 34.1 Å².